The zero-order valence-corrected chi connectivity index (χ0v) is 16.4. The fourth-order valence-corrected chi connectivity index (χ4v) is 4.87. The van der Waals surface area contributed by atoms with Gasteiger partial charge in [-0.05, 0) is 61.6 Å². The van der Waals surface area contributed by atoms with Crippen LogP contribution in [-0.4, -0.2) is 21.4 Å². The average molecular weight is 400 g/mol. The Bertz CT molecular complexity index is 1070. The first-order chi connectivity index (χ1) is 13.4. The first-order valence-electron chi connectivity index (χ1n) is 9.25. The van der Waals surface area contributed by atoms with E-state index in [1.807, 2.05) is 0 Å². The number of fused-ring (bicyclic) bond motifs is 1. The van der Waals surface area contributed by atoms with Crippen LogP contribution in [0, 0.1) is 5.82 Å². The van der Waals surface area contributed by atoms with Gasteiger partial charge in [0.15, 0.2) is 0 Å². The van der Waals surface area contributed by atoms with Crippen molar-refractivity contribution in [2.45, 2.75) is 37.1 Å². The van der Waals surface area contributed by atoms with Crippen molar-refractivity contribution in [1.82, 2.24) is 4.72 Å². The van der Waals surface area contributed by atoms with E-state index in [0.717, 1.165) is 36.9 Å². The summed E-state index contributed by atoms with van der Waals surface area (Å²) in [6, 6.07) is 10.4. The minimum atomic E-state index is -3.77. The Labute approximate surface area is 163 Å². The number of nitrogens with one attached hydrogen (secondary N) is 1. The van der Waals surface area contributed by atoms with E-state index in [2.05, 4.69) is 4.72 Å². The van der Waals surface area contributed by atoms with Crippen LogP contribution >= 0.6 is 0 Å². The number of carbonyl (C=O) groups is 1. The monoisotopic (exact) mass is 400 g/mol. The van der Waals surface area contributed by atoms with Gasteiger partial charge in [-0.1, -0.05) is 17.7 Å². The molecule has 1 heterocycles. The van der Waals surface area contributed by atoms with Crippen molar-refractivity contribution >= 4 is 27.2 Å². The number of benzene rings is 2. The van der Waals surface area contributed by atoms with Crippen molar-refractivity contribution in [2.24, 2.45) is 0 Å². The molecule has 1 saturated carbocycles. The summed E-state index contributed by atoms with van der Waals surface area (Å²) in [4.78, 5) is 14.4. The fraction of sp³-hybridized carbons (Fsp3) is 0.286. The quantitative estimate of drug-likeness (QED) is 0.798. The number of anilines is 1. The Morgan fingerprint density at radius 1 is 1.07 bits per heavy atom. The molecule has 2 aliphatic rings. The second kappa shape index (κ2) is 7.14. The van der Waals surface area contributed by atoms with Gasteiger partial charge in [-0.2, -0.15) is 0 Å². The van der Waals surface area contributed by atoms with Crippen LogP contribution in [0.1, 0.15) is 36.8 Å². The number of carbonyl (C=O) groups excluding carboxylic acids is 1. The molecule has 146 valence electrons. The van der Waals surface area contributed by atoms with E-state index in [-0.39, 0.29) is 23.2 Å². The molecule has 2 aromatic rings. The second-order valence-electron chi connectivity index (χ2n) is 7.18. The van der Waals surface area contributed by atoms with Crippen LogP contribution in [0.3, 0.4) is 0 Å². The van der Waals surface area contributed by atoms with Crippen LogP contribution in [0.15, 0.2) is 52.9 Å². The normalized spacial score (nSPS) is 16.8. The molecule has 1 aliphatic carbocycles. The summed E-state index contributed by atoms with van der Waals surface area (Å²) in [5.74, 6) is -0.438. The maximum Gasteiger partial charge on any atom is 0.258 e. The van der Waals surface area contributed by atoms with E-state index in [4.69, 9.17) is 0 Å². The Kier molecular flexibility index (Phi) is 4.81. The molecule has 28 heavy (non-hydrogen) atoms. The zero-order valence-electron chi connectivity index (χ0n) is 15.5. The van der Waals surface area contributed by atoms with Gasteiger partial charge >= 0.3 is 0 Å². The Balaban J connectivity index is 1.65. The maximum atomic E-state index is 13.0. The molecule has 0 unspecified atom stereocenters. The van der Waals surface area contributed by atoms with Crippen molar-refractivity contribution in [3.63, 3.8) is 0 Å². The van der Waals surface area contributed by atoms with Gasteiger partial charge in [-0.25, -0.2) is 17.5 Å². The van der Waals surface area contributed by atoms with Gasteiger partial charge in [0.1, 0.15) is 5.82 Å². The standard InChI is InChI=1S/C21H21FN2O3S/c1-24-19-11-10-17(12-18(19)20(21(24)25)15-4-2-3-5-15)28(26,27)23-13-14-6-8-16(22)9-7-14/h6-12,23H,2-5,13H2,1H3. The Morgan fingerprint density at radius 2 is 1.75 bits per heavy atom. The molecule has 0 atom stereocenters. The lowest BCUT2D eigenvalue weighted by atomic mass is 10.00. The second-order valence-corrected chi connectivity index (χ2v) is 8.95. The summed E-state index contributed by atoms with van der Waals surface area (Å²) in [7, 11) is -2.06. The molecule has 1 amide bonds. The third kappa shape index (κ3) is 3.36. The molecule has 1 N–H and O–H groups in total. The van der Waals surface area contributed by atoms with E-state index in [9.17, 15) is 17.6 Å². The highest BCUT2D eigenvalue weighted by molar-refractivity contribution is 7.89. The molecule has 0 spiro atoms. The largest absolute Gasteiger partial charge is 0.311 e. The molecule has 0 saturated heterocycles. The number of hydrogen-bond acceptors (Lipinski definition) is 3. The molecule has 1 aliphatic heterocycles. The van der Waals surface area contributed by atoms with Gasteiger partial charge in [0.25, 0.3) is 5.91 Å². The van der Waals surface area contributed by atoms with Crippen LogP contribution in [0.25, 0.3) is 5.57 Å². The number of hydrogen-bond donors (Lipinski definition) is 1. The van der Waals surface area contributed by atoms with E-state index in [1.54, 1.807) is 24.1 Å². The molecule has 0 aromatic heterocycles. The third-order valence-electron chi connectivity index (χ3n) is 5.37. The van der Waals surface area contributed by atoms with Crippen LogP contribution in [0.5, 0.6) is 0 Å². The van der Waals surface area contributed by atoms with Crippen molar-refractivity contribution in [2.75, 3.05) is 11.9 Å². The molecule has 2 aromatic carbocycles. The number of allylic oxidation sites excluding steroid dienone is 1. The van der Waals surface area contributed by atoms with Crippen molar-refractivity contribution < 1.29 is 17.6 Å². The van der Waals surface area contributed by atoms with Crippen LogP contribution in [-0.2, 0) is 21.4 Å². The predicted octanol–water partition coefficient (Wildman–Crippen LogP) is 3.61. The molecule has 1 fully saturated rings. The average Bonchev–Trinajstić information content (AvgIpc) is 3.28. The molecule has 0 radical (unpaired) electrons. The van der Waals surface area contributed by atoms with Crippen molar-refractivity contribution in [3.05, 3.63) is 65.0 Å². The number of likely N-dealkylation sites (N-methyl/N-ethyl adjacent to an activating group) is 1. The molecule has 0 bridgehead atoms. The lowest BCUT2D eigenvalue weighted by Gasteiger charge is -2.11. The Morgan fingerprint density at radius 3 is 2.43 bits per heavy atom. The summed E-state index contributed by atoms with van der Waals surface area (Å²) >= 11 is 0. The van der Waals surface area contributed by atoms with Gasteiger partial charge in [-0.15, -0.1) is 0 Å². The maximum absolute atomic E-state index is 13.0. The molecule has 4 rings (SSSR count). The van der Waals surface area contributed by atoms with Gasteiger partial charge < -0.3 is 4.90 Å². The zero-order chi connectivity index (χ0) is 19.9. The SMILES string of the molecule is CN1C(=O)C(=C2CCCC2)c2cc(S(=O)(=O)NCc3ccc(F)cc3)ccc21. The van der Waals surface area contributed by atoms with E-state index < -0.39 is 10.0 Å². The number of sulfonamides is 1. The van der Waals surface area contributed by atoms with Crippen LogP contribution in [0.4, 0.5) is 10.1 Å². The number of halogens is 1. The number of rotatable bonds is 4. The number of amides is 1. The van der Waals surface area contributed by atoms with Gasteiger partial charge in [0.05, 0.1) is 10.6 Å². The highest BCUT2D eigenvalue weighted by atomic mass is 32.2. The van der Waals surface area contributed by atoms with Crippen molar-refractivity contribution in [1.29, 1.82) is 0 Å². The van der Waals surface area contributed by atoms with E-state index >= 15 is 0 Å². The minimum absolute atomic E-state index is 0.0620. The summed E-state index contributed by atoms with van der Waals surface area (Å²) in [5, 5.41) is 0. The van der Waals surface area contributed by atoms with E-state index in [0.29, 0.717) is 16.7 Å². The lowest BCUT2D eigenvalue weighted by molar-refractivity contribution is -0.112. The molecular formula is C21H21FN2O3S. The van der Waals surface area contributed by atoms with E-state index in [1.165, 1.54) is 30.3 Å². The highest BCUT2D eigenvalue weighted by Crippen LogP contribution is 2.42. The number of nitrogens with zero attached hydrogens (tertiary/aromatic N) is 1. The molecule has 5 nitrogen and oxygen atoms in total. The van der Waals surface area contributed by atoms with Crippen LogP contribution < -0.4 is 9.62 Å². The molecular weight excluding hydrogens is 379 g/mol. The smallest absolute Gasteiger partial charge is 0.258 e. The van der Waals surface area contributed by atoms with Gasteiger partial charge in [0.2, 0.25) is 10.0 Å². The third-order valence-corrected chi connectivity index (χ3v) is 6.77. The summed E-state index contributed by atoms with van der Waals surface area (Å²) < 4.78 is 41.1. The summed E-state index contributed by atoms with van der Waals surface area (Å²) in [6.45, 7) is 0.0620. The van der Waals surface area contributed by atoms with Gasteiger partial charge in [-0.3, -0.25) is 4.79 Å². The van der Waals surface area contributed by atoms with Crippen LogP contribution in [0.2, 0.25) is 0 Å². The fourth-order valence-electron chi connectivity index (χ4n) is 3.82. The predicted molar refractivity (Wildman–Crippen MR) is 106 cm³/mol. The Hall–Kier alpha value is -2.51. The highest BCUT2D eigenvalue weighted by Gasteiger charge is 2.34. The lowest BCUT2D eigenvalue weighted by Crippen LogP contribution is -2.23. The van der Waals surface area contributed by atoms with Crippen molar-refractivity contribution in [3.8, 4) is 0 Å². The minimum Gasteiger partial charge on any atom is -0.311 e. The molecule has 7 heteroatoms. The first-order valence-corrected chi connectivity index (χ1v) is 10.7. The summed E-state index contributed by atoms with van der Waals surface area (Å²) in [6.07, 6.45) is 3.88. The van der Waals surface area contributed by atoms with Gasteiger partial charge in [0, 0.05) is 24.7 Å². The summed E-state index contributed by atoms with van der Waals surface area (Å²) in [5.41, 5.74) is 3.86. The first kappa shape index (κ1) is 18.8. The topological polar surface area (TPSA) is 66.5 Å².